The molecule has 9 heteroatoms. The number of carbonyl (C=O) groups excluding carboxylic acids is 2. The first-order valence-corrected chi connectivity index (χ1v) is 11.2. The molecule has 168 valence electrons. The number of rotatable bonds is 5. The van der Waals surface area contributed by atoms with Crippen LogP contribution in [0.3, 0.4) is 0 Å². The SMILES string of the molecule is COC(c1cc(Cl)c2c(c1Cl)C(=O)N(CC1C(=O)N=C(C)c3ccoc31)CC2)C1COC1. The molecule has 0 N–H and O–H groups in total. The number of aliphatic imine (C=N–C) groups is 1. The topological polar surface area (TPSA) is 81.3 Å². The van der Waals surface area contributed by atoms with Crippen molar-refractivity contribution in [1.82, 2.24) is 4.90 Å². The number of fused-ring (bicyclic) bond motifs is 2. The van der Waals surface area contributed by atoms with Gasteiger partial charge < -0.3 is 18.8 Å². The lowest BCUT2D eigenvalue weighted by Gasteiger charge is -2.36. The third-order valence-corrected chi connectivity index (χ3v) is 7.26. The molecule has 5 rings (SSSR count). The zero-order valence-electron chi connectivity index (χ0n) is 17.7. The van der Waals surface area contributed by atoms with Crippen molar-refractivity contribution in [2.24, 2.45) is 10.9 Å². The molecular weight excluding hydrogens is 455 g/mol. The third kappa shape index (κ3) is 3.39. The number of methoxy groups -OCH3 is 1. The number of furan rings is 1. The van der Waals surface area contributed by atoms with Crippen LogP contribution in [-0.4, -0.2) is 55.8 Å². The first kappa shape index (κ1) is 21.6. The molecule has 0 aliphatic carbocycles. The summed E-state index contributed by atoms with van der Waals surface area (Å²) in [6.45, 7) is 3.50. The molecule has 1 aromatic heterocycles. The summed E-state index contributed by atoms with van der Waals surface area (Å²) >= 11 is 13.4. The molecule has 1 fully saturated rings. The van der Waals surface area contributed by atoms with Crippen LogP contribution in [0.15, 0.2) is 27.8 Å². The lowest BCUT2D eigenvalue weighted by atomic mass is 9.88. The summed E-state index contributed by atoms with van der Waals surface area (Å²) in [5, 5.41) is 0.845. The summed E-state index contributed by atoms with van der Waals surface area (Å²) in [6.07, 6.45) is 1.77. The maximum atomic E-state index is 13.5. The second-order valence-electron chi connectivity index (χ2n) is 8.36. The van der Waals surface area contributed by atoms with Gasteiger partial charge in [0.15, 0.2) is 0 Å². The van der Waals surface area contributed by atoms with E-state index in [0.29, 0.717) is 58.8 Å². The quantitative estimate of drug-likeness (QED) is 0.649. The molecule has 0 radical (unpaired) electrons. The Morgan fingerprint density at radius 3 is 2.78 bits per heavy atom. The van der Waals surface area contributed by atoms with Crippen molar-refractivity contribution in [3.05, 3.63) is 56.5 Å². The van der Waals surface area contributed by atoms with Gasteiger partial charge in [0.25, 0.3) is 11.8 Å². The van der Waals surface area contributed by atoms with E-state index in [0.717, 1.165) is 11.1 Å². The van der Waals surface area contributed by atoms with Crippen molar-refractivity contribution in [3.63, 3.8) is 0 Å². The molecule has 4 heterocycles. The first-order valence-electron chi connectivity index (χ1n) is 10.5. The highest BCUT2D eigenvalue weighted by Crippen LogP contribution is 2.42. The molecule has 1 saturated heterocycles. The van der Waals surface area contributed by atoms with E-state index >= 15 is 0 Å². The van der Waals surface area contributed by atoms with Gasteiger partial charge in [-0.15, -0.1) is 0 Å². The zero-order chi connectivity index (χ0) is 22.6. The normalized spacial score (nSPS) is 21.7. The number of hydrogen-bond donors (Lipinski definition) is 0. The van der Waals surface area contributed by atoms with Crippen molar-refractivity contribution >= 4 is 40.7 Å². The van der Waals surface area contributed by atoms with Gasteiger partial charge in [0.2, 0.25) is 0 Å². The molecule has 7 nitrogen and oxygen atoms in total. The van der Waals surface area contributed by atoms with Crippen LogP contribution in [0.2, 0.25) is 10.0 Å². The Bertz CT molecular complexity index is 1140. The highest BCUT2D eigenvalue weighted by molar-refractivity contribution is 6.37. The van der Waals surface area contributed by atoms with E-state index < -0.39 is 5.92 Å². The molecule has 2 unspecified atom stereocenters. The van der Waals surface area contributed by atoms with Crippen molar-refractivity contribution in [3.8, 4) is 0 Å². The number of amides is 2. The first-order chi connectivity index (χ1) is 15.4. The lowest BCUT2D eigenvalue weighted by Crippen LogP contribution is -2.42. The van der Waals surface area contributed by atoms with Gasteiger partial charge in [-0.3, -0.25) is 9.59 Å². The van der Waals surface area contributed by atoms with Crippen LogP contribution in [0, 0.1) is 5.92 Å². The minimum absolute atomic E-state index is 0.153. The van der Waals surface area contributed by atoms with Crippen LogP contribution in [0.5, 0.6) is 0 Å². The largest absolute Gasteiger partial charge is 0.468 e. The highest BCUT2D eigenvalue weighted by Gasteiger charge is 2.39. The summed E-state index contributed by atoms with van der Waals surface area (Å²) in [6, 6.07) is 3.59. The summed E-state index contributed by atoms with van der Waals surface area (Å²) in [5.74, 6) is -0.522. The predicted molar refractivity (Wildman–Crippen MR) is 119 cm³/mol. The Morgan fingerprint density at radius 2 is 2.09 bits per heavy atom. The number of hydrogen-bond acceptors (Lipinski definition) is 5. The van der Waals surface area contributed by atoms with Gasteiger partial charge >= 0.3 is 0 Å². The van der Waals surface area contributed by atoms with Crippen molar-refractivity contribution in [2.45, 2.75) is 25.4 Å². The van der Waals surface area contributed by atoms with E-state index in [1.54, 1.807) is 37.3 Å². The number of nitrogens with zero attached hydrogens (tertiary/aromatic N) is 2. The summed E-state index contributed by atoms with van der Waals surface area (Å²) < 4.78 is 16.6. The minimum atomic E-state index is -0.648. The second kappa shape index (κ2) is 8.30. The number of halogens is 2. The molecule has 0 bridgehead atoms. The van der Waals surface area contributed by atoms with Crippen LogP contribution in [0.1, 0.15) is 51.8 Å². The van der Waals surface area contributed by atoms with Crippen LogP contribution in [-0.2, 0) is 20.7 Å². The van der Waals surface area contributed by atoms with Crippen molar-refractivity contribution in [1.29, 1.82) is 0 Å². The van der Waals surface area contributed by atoms with Gasteiger partial charge in [-0.05, 0) is 31.0 Å². The molecule has 0 saturated carbocycles. The van der Waals surface area contributed by atoms with Crippen LogP contribution in [0.25, 0.3) is 0 Å². The van der Waals surface area contributed by atoms with E-state index in [2.05, 4.69) is 4.99 Å². The number of benzene rings is 1. The zero-order valence-corrected chi connectivity index (χ0v) is 19.2. The molecule has 32 heavy (non-hydrogen) atoms. The van der Waals surface area contributed by atoms with E-state index in [1.165, 1.54) is 0 Å². The van der Waals surface area contributed by atoms with Crippen molar-refractivity contribution in [2.75, 3.05) is 33.4 Å². The molecule has 3 aliphatic heterocycles. The average molecular weight is 477 g/mol. The Labute approximate surface area is 195 Å². The Balaban J connectivity index is 1.48. The molecule has 2 atom stereocenters. The molecule has 2 aromatic rings. The predicted octanol–water partition coefficient (Wildman–Crippen LogP) is 4.05. The fourth-order valence-corrected chi connectivity index (χ4v) is 5.39. The Kier molecular flexibility index (Phi) is 5.61. The molecule has 1 aromatic carbocycles. The fraction of sp³-hybridized carbons (Fsp3) is 0.435. The highest BCUT2D eigenvalue weighted by atomic mass is 35.5. The van der Waals surface area contributed by atoms with Gasteiger partial charge in [0.1, 0.15) is 11.7 Å². The Hall–Kier alpha value is -2.19. The van der Waals surface area contributed by atoms with Gasteiger partial charge in [-0.1, -0.05) is 23.2 Å². The molecule has 2 amide bonds. The average Bonchev–Trinajstić information content (AvgIpc) is 3.22. The van der Waals surface area contributed by atoms with Gasteiger partial charge in [-0.2, -0.15) is 0 Å². The molecule has 0 spiro atoms. The van der Waals surface area contributed by atoms with Gasteiger partial charge in [0, 0.05) is 42.3 Å². The summed E-state index contributed by atoms with van der Waals surface area (Å²) in [7, 11) is 1.61. The minimum Gasteiger partial charge on any atom is -0.468 e. The van der Waals surface area contributed by atoms with E-state index in [4.69, 9.17) is 37.1 Å². The third-order valence-electron chi connectivity index (χ3n) is 6.51. The van der Waals surface area contributed by atoms with Gasteiger partial charge in [0.05, 0.1) is 41.9 Å². The maximum Gasteiger partial charge on any atom is 0.258 e. The number of carbonyl (C=O) groups is 2. The van der Waals surface area contributed by atoms with Crippen LogP contribution >= 0.6 is 23.2 Å². The van der Waals surface area contributed by atoms with E-state index in [-0.39, 0.29) is 30.4 Å². The summed E-state index contributed by atoms with van der Waals surface area (Å²) in [5.41, 5.74) is 3.21. The van der Waals surface area contributed by atoms with Crippen LogP contribution in [0.4, 0.5) is 0 Å². The van der Waals surface area contributed by atoms with Crippen molar-refractivity contribution < 1.29 is 23.5 Å². The van der Waals surface area contributed by atoms with E-state index in [9.17, 15) is 9.59 Å². The summed E-state index contributed by atoms with van der Waals surface area (Å²) in [4.78, 5) is 32.0. The molecule has 3 aliphatic rings. The molecular formula is C23H22Cl2N2O5. The Morgan fingerprint density at radius 1 is 1.31 bits per heavy atom. The second-order valence-corrected chi connectivity index (χ2v) is 9.14. The smallest absolute Gasteiger partial charge is 0.258 e. The maximum absolute atomic E-state index is 13.5. The fourth-order valence-electron chi connectivity index (χ4n) is 4.73. The monoisotopic (exact) mass is 476 g/mol. The van der Waals surface area contributed by atoms with Gasteiger partial charge in [-0.25, -0.2) is 4.99 Å². The standard InChI is InChI=1S/C23H22Cl2N2O5/c1-11-13-4-6-32-21(13)16(22(28)26-11)8-27-5-3-14-17(24)7-15(19(25)18(14)23(27)29)20(30-2)12-9-31-10-12/h4,6-7,12,16,20H,3,5,8-10H2,1-2H3. The lowest BCUT2D eigenvalue weighted by molar-refractivity contribution is -0.120. The van der Waals surface area contributed by atoms with Crippen LogP contribution < -0.4 is 0 Å². The van der Waals surface area contributed by atoms with E-state index in [1.807, 2.05) is 0 Å². The number of ether oxygens (including phenoxy) is 2.